The van der Waals surface area contributed by atoms with E-state index in [1.54, 1.807) is 0 Å². The third-order valence-corrected chi connectivity index (χ3v) is 5.91. The fourth-order valence-electron chi connectivity index (χ4n) is 4.56. The number of ether oxygens (including phenoxy) is 2. The molecule has 0 saturated heterocycles. The number of carbonyl (C=O) groups is 2. The molecule has 0 aromatic carbocycles. The first-order valence-corrected chi connectivity index (χ1v) is 8.35. The maximum absolute atomic E-state index is 12.2. The van der Waals surface area contributed by atoms with Crippen molar-refractivity contribution in [3.63, 3.8) is 0 Å². The Morgan fingerprint density at radius 2 is 1.32 bits per heavy atom. The molecule has 0 heterocycles. The van der Waals surface area contributed by atoms with Gasteiger partial charge in [0.05, 0.1) is 10.8 Å². The van der Waals surface area contributed by atoms with Gasteiger partial charge in [-0.05, 0) is 50.4 Å². The molecule has 4 aliphatic rings. The summed E-state index contributed by atoms with van der Waals surface area (Å²) in [4.78, 5) is 24.5. The SMILES string of the molecule is O=C(OCCOC(=O)C12C=CC(CC1)C2)C12C=CC(CC1)C2. The van der Waals surface area contributed by atoms with E-state index in [2.05, 4.69) is 12.2 Å². The van der Waals surface area contributed by atoms with Crippen molar-refractivity contribution in [3.8, 4) is 0 Å². The summed E-state index contributed by atoms with van der Waals surface area (Å²) >= 11 is 0. The van der Waals surface area contributed by atoms with Gasteiger partial charge in [-0.15, -0.1) is 0 Å². The van der Waals surface area contributed by atoms with Crippen LogP contribution in [0.5, 0.6) is 0 Å². The van der Waals surface area contributed by atoms with E-state index >= 15 is 0 Å². The third kappa shape index (κ3) is 2.11. The second-order valence-corrected chi connectivity index (χ2v) is 7.31. The predicted octanol–water partition coefficient (Wildman–Crippen LogP) is 2.79. The van der Waals surface area contributed by atoms with Gasteiger partial charge in [0.2, 0.25) is 0 Å². The summed E-state index contributed by atoms with van der Waals surface area (Å²) in [5.41, 5.74) is -0.777. The van der Waals surface area contributed by atoms with E-state index in [0.717, 1.165) is 38.5 Å². The molecule has 0 aromatic rings. The average Bonchev–Trinajstić information content (AvgIpc) is 3.31. The maximum atomic E-state index is 12.2. The molecule has 4 unspecified atom stereocenters. The minimum atomic E-state index is -0.389. The molecule has 0 aliphatic heterocycles. The average molecular weight is 302 g/mol. The number of allylic oxidation sites excluding steroid dienone is 2. The molecule has 0 N–H and O–H groups in total. The van der Waals surface area contributed by atoms with Crippen LogP contribution in [0.15, 0.2) is 24.3 Å². The largest absolute Gasteiger partial charge is 0.461 e. The molecule has 4 aliphatic carbocycles. The first-order valence-electron chi connectivity index (χ1n) is 8.35. The van der Waals surface area contributed by atoms with Crippen molar-refractivity contribution < 1.29 is 19.1 Å². The lowest BCUT2D eigenvalue weighted by Gasteiger charge is -2.23. The topological polar surface area (TPSA) is 52.6 Å². The molecule has 0 spiro atoms. The van der Waals surface area contributed by atoms with E-state index in [-0.39, 0.29) is 36.0 Å². The molecule has 4 rings (SSSR count). The molecule has 2 fully saturated rings. The second kappa shape index (κ2) is 4.97. The Morgan fingerprint density at radius 3 is 1.59 bits per heavy atom. The number of esters is 2. The van der Waals surface area contributed by atoms with Crippen LogP contribution in [0.25, 0.3) is 0 Å². The zero-order chi connectivity index (χ0) is 15.2. The number of fused-ring (bicyclic) bond motifs is 4. The number of hydrogen-bond donors (Lipinski definition) is 0. The predicted molar refractivity (Wildman–Crippen MR) is 79.7 cm³/mol. The number of hydrogen-bond acceptors (Lipinski definition) is 4. The van der Waals surface area contributed by atoms with Crippen LogP contribution in [0.2, 0.25) is 0 Å². The van der Waals surface area contributed by atoms with Crippen LogP contribution in [-0.4, -0.2) is 25.2 Å². The van der Waals surface area contributed by atoms with Crippen molar-refractivity contribution in [2.24, 2.45) is 22.7 Å². The van der Waals surface area contributed by atoms with Crippen molar-refractivity contribution in [2.45, 2.75) is 38.5 Å². The molecule has 4 nitrogen and oxygen atoms in total. The van der Waals surface area contributed by atoms with Gasteiger partial charge in [-0.25, -0.2) is 0 Å². The van der Waals surface area contributed by atoms with Crippen LogP contribution in [0.1, 0.15) is 38.5 Å². The van der Waals surface area contributed by atoms with Crippen molar-refractivity contribution >= 4 is 11.9 Å². The normalized spacial score (nSPS) is 40.4. The van der Waals surface area contributed by atoms with Crippen LogP contribution in [0, 0.1) is 22.7 Å². The summed E-state index contributed by atoms with van der Waals surface area (Å²) in [5.74, 6) is 0.794. The Bertz CT molecular complexity index is 513. The highest BCUT2D eigenvalue weighted by atomic mass is 16.6. The van der Waals surface area contributed by atoms with E-state index < -0.39 is 0 Å². The van der Waals surface area contributed by atoms with Crippen molar-refractivity contribution in [1.82, 2.24) is 0 Å². The molecule has 2 saturated carbocycles. The molecule has 0 radical (unpaired) electrons. The Labute approximate surface area is 130 Å². The van der Waals surface area contributed by atoms with Gasteiger partial charge >= 0.3 is 11.9 Å². The zero-order valence-corrected chi connectivity index (χ0v) is 12.8. The van der Waals surface area contributed by atoms with E-state index in [4.69, 9.17) is 9.47 Å². The maximum Gasteiger partial charge on any atom is 0.316 e. The second-order valence-electron chi connectivity index (χ2n) is 7.31. The molecule has 4 heteroatoms. The van der Waals surface area contributed by atoms with Gasteiger partial charge in [0, 0.05) is 0 Å². The highest BCUT2D eigenvalue weighted by molar-refractivity contribution is 5.81. The molecule has 4 atom stereocenters. The molecular weight excluding hydrogens is 280 g/mol. The van der Waals surface area contributed by atoms with Gasteiger partial charge in [-0.1, -0.05) is 24.3 Å². The highest BCUT2D eigenvalue weighted by Gasteiger charge is 2.48. The fraction of sp³-hybridized carbons (Fsp3) is 0.667. The summed E-state index contributed by atoms with van der Waals surface area (Å²) in [5, 5.41) is 0. The summed E-state index contributed by atoms with van der Waals surface area (Å²) < 4.78 is 10.7. The molecule has 4 bridgehead atoms. The molecular formula is C18H22O4. The molecule has 22 heavy (non-hydrogen) atoms. The van der Waals surface area contributed by atoms with Crippen molar-refractivity contribution in [2.75, 3.05) is 13.2 Å². The van der Waals surface area contributed by atoms with Gasteiger partial charge in [0.1, 0.15) is 13.2 Å². The Morgan fingerprint density at radius 1 is 0.864 bits per heavy atom. The van der Waals surface area contributed by atoms with Crippen LogP contribution in [-0.2, 0) is 19.1 Å². The quantitative estimate of drug-likeness (QED) is 0.445. The Kier molecular flexibility index (Phi) is 3.17. The molecule has 0 amide bonds. The van der Waals surface area contributed by atoms with E-state index in [1.165, 1.54) is 0 Å². The lowest BCUT2D eigenvalue weighted by atomic mass is 9.88. The van der Waals surface area contributed by atoms with Crippen LogP contribution in [0.3, 0.4) is 0 Å². The van der Waals surface area contributed by atoms with Crippen LogP contribution < -0.4 is 0 Å². The van der Waals surface area contributed by atoms with E-state index in [9.17, 15) is 9.59 Å². The van der Waals surface area contributed by atoms with Gasteiger partial charge in [-0.3, -0.25) is 9.59 Å². The van der Waals surface area contributed by atoms with Crippen LogP contribution in [0.4, 0.5) is 0 Å². The Hall–Kier alpha value is -1.58. The smallest absolute Gasteiger partial charge is 0.316 e. The van der Waals surface area contributed by atoms with E-state index in [1.807, 2.05) is 12.2 Å². The minimum absolute atomic E-state index is 0.153. The van der Waals surface area contributed by atoms with Gasteiger partial charge in [-0.2, -0.15) is 0 Å². The van der Waals surface area contributed by atoms with Gasteiger partial charge in [0.15, 0.2) is 0 Å². The van der Waals surface area contributed by atoms with Crippen molar-refractivity contribution in [1.29, 1.82) is 0 Å². The first kappa shape index (κ1) is 14.0. The summed E-state index contributed by atoms with van der Waals surface area (Å²) in [6, 6.07) is 0. The number of rotatable bonds is 5. The summed E-state index contributed by atoms with van der Waals surface area (Å²) in [6.45, 7) is 0.322. The monoisotopic (exact) mass is 302 g/mol. The summed E-state index contributed by atoms with van der Waals surface area (Å²) in [7, 11) is 0. The molecule has 0 aromatic heterocycles. The zero-order valence-electron chi connectivity index (χ0n) is 12.8. The lowest BCUT2D eigenvalue weighted by Crippen LogP contribution is -2.30. The van der Waals surface area contributed by atoms with Crippen molar-refractivity contribution in [3.05, 3.63) is 24.3 Å². The van der Waals surface area contributed by atoms with Crippen LogP contribution >= 0.6 is 0 Å². The molecule has 118 valence electrons. The summed E-state index contributed by atoms with van der Waals surface area (Å²) in [6.07, 6.45) is 14.0. The minimum Gasteiger partial charge on any atom is -0.461 e. The fourth-order valence-corrected chi connectivity index (χ4v) is 4.56. The third-order valence-electron chi connectivity index (χ3n) is 5.91. The lowest BCUT2D eigenvalue weighted by molar-refractivity contribution is -0.161. The first-order chi connectivity index (χ1) is 10.6. The van der Waals surface area contributed by atoms with Gasteiger partial charge < -0.3 is 9.47 Å². The number of carbonyl (C=O) groups excluding carboxylic acids is 2. The van der Waals surface area contributed by atoms with E-state index in [0.29, 0.717) is 11.8 Å². The van der Waals surface area contributed by atoms with Gasteiger partial charge in [0.25, 0.3) is 0 Å². The highest BCUT2D eigenvalue weighted by Crippen LogP contribution is 2.50. The standard InChI is InChI=1S/C18H22O4/c19-15(17-5-1-13(11-17)2-6-17)21-9-10-22-16(20)18-7-3-14(12-18)4-8-18/h1,3,5,7,13-14H,2,4,6,8-12H2. The Balaban J connectivity index is 1.23.